The summed E-state index contributed by atoms with van der Waals surface area (Å²) in [6.45, 7) is 20.2. The van der Waals surface area contributed by atoms with Crippen LogP contribution in [0, 0.1) is 5.92 Å². The average Bonchev–Trinajstić information content (AvgIpc) is 2.61. The number of phenolic OH excluding ortho intramolecular Hbond substituents is 1. The molecule has 35 heavy (non-hydrogen) atoms. The van der Waals surface area contributed by atoms with Crippen LogP contribution < -0.4 is 10.6 Å². The van der Waals surface area contributed by atoms with Gasteiger partial charge in [0.05, 0.1) is 0 Å². The first-order chi connectivity index (χ1) is 15.7. The number of ether oxygens (including phenoxy) is 1. The second-order valence-electron chi connectivity index (χ2n) is 12.4. The predicted octanol–water partition coefficient (Wildman–Crippen LogP) is 4.91. The molecule has 0 bridgehead atoms. The van der Waals surface area contributed by atoms with Crippen LogP contribution in [-0.2, 0) is 14.3 Å². The highest BCUT2D eigenvalue weighted by molar-refractivity contribution is 5.93. The molecule has 0 aliphatic rings. The molecule has 2 atom stereocenters. The normalized spacial score (nSPS) is 14.2. The van der Waals surface area contributed by atoms with Crippen molar-refractivity contribution in [3.8, 4) is 5.75 Å². The lowest BCUT2D eigenvalue weighted by Crippen LogP contribution is -2.59. The van der Waals surface area contributed by atoms with Crippen LogP contribution >= 0.6 is 0 Å². The number of hydrogen-bond donors (Lipinski definition) is 3. The van der Waals surface area contributed by atoms with Crippen LogP contribution in [0.5, 0.6) is 5.75 Å². The number of hydrogen-bond acceptors (Lipinski definition) is 5. The molecule has 3 amide bonds. The van der Waals surface area contributed by atoms with E-state index in [1.54, 1.807) is 39.0 Å². The lowest BCUT2D eigenvalue weighted by molar-refractivity contribution is -0.149. The number of phenols is 1. The molecule has 0 fully saturated rings. The Morgan fingerprint density at radius 2 is 1.51 bits per heavy atom. The Hall–Kier alpha value is -2.77. The number of para-hydroxylation sites is 1. The number of alkyl carbamates (subject to hydrolysis) is 1. The molecule has 8 nitrogen and oxygen atoms in total. The van der Waals surface area contributed by atoms with Crippen LogP contribution in [-0.4, -0.2) is 50.6 Å². The summed E-state index contributed by atoms with van der Waals surface area (Å²) in [4.78, 5) is 41.8. The Bertz CT molecular complexity index is 891. The molecule has 1 aromatic rings. The van der Waals surface area contributed by atoms with Gasteiger partial charge in [-0.1, -0.05) is 32.0 Å². The number of nitrogens with zero attached hydrogens (tertiary/aromatic N) is 1. The van der Waals surface area contributed by atoms with E-state index in [-0.39, 0.29) is 11.7 Å². The molecular weight excluding hydrogens is 446 g/mol. The monoisotopic (exact) mass is 491 g/mol. The Balaban J connectivity index is 3.62. The van der Waals surface area contributed by atoms with Crippen molar-refractivity contribution >= 4 is 17.9 Å². The molecular formula is C27H45N3O5. The number of carbonyl (C=O) groups is 3. The van der Waals surface area contributed by atoms with Crippen LogP contribution in [0.25, 0.3) is 0 Å². The summed E-state index contributed by atoms with van der Waals surface area (Å²) < 4.78 is 5.40. The van der Waals surface area contributed by atoms with E-state index in [0.29, 0.717) is 12.0 Å². The van der Waals surface area contributed by atoms with Gasteiger partial charge < -0.3 is 25.4 Å². The Morgan fingerprint density at radius 1 is 0.971 bits per heavy atom. The van der Waals surface area contributed by atoms with Gasteiger partial charge in [0.25, 0.3) is 0 Å². The zero-order chi connectivity index (χ0) is 27.4. The fourth-order valence-corrected chi connectivity index (χ4v) is 3.71. The van der Waals surface area contributed by atoms with E-state index >= 15 is 0 Å². The average molecular weight is 492 g/mol. The molecule has 1 aromatic carbocycles. The number of amides is 3. The zero-order valence-corrected chi connectivity index (χ0v) is 23.3. The van der Waals surface area contributed by atoms with Gasteiger partial charge in [-0.25, -0.2) is 4.79 Å². The van der Waals surface area contributed by atoms with E-state index in [9.17, 15) is 19.5 Å². The van der Waals surface area contributed by atoms with Gasteiger partial charge >= 0.3 is 6.09 Å². The summed E-state index contributed by atoms with van der Waals surface area (Å²) in [6, 6.07) is 4.43. The minimum absolute atomic E-state index is 0.0766. The van der Waals surface area contributed by atoms with Gasteiger partial charge in [0.15, 0.2) is 0 Å². The van der Waals surface area contributed by atoms with Gasteiger partial charge in [-0.3, -0.25) is 9.59 Å². The van der Waals surface area contributed by atoms with Crippen LogP contribution in [0.3, 0.4) is 0 Å². The molecule has 1 rings (SSSR count). The van der Waals surface area contributed by atoms with E-state index in [0.717, 1.165) is 0 Å². The molecule has 0 aromatic heterocycles. The van der Waals surface area contributed by atoms with Gasteiger partial charge in [0.2, 0.25) is 11.8 Å². The summed E-state index contributed by atoms with van der Waals surface area (Å²) in [7, 11) is 0. The third-order valence-corrected chi connectivity index (χ3v) is 4.89. The van der Waals surface area contributed by atoms with Crippen molar-refractivity contribution < 1.29 is 24.2 Å². The quantitative estimate of drug-likeness (QED) is 0.502. The lowest BCUT2D eigenvalue weighted by atomic mass is 9.92. The summed E-state index contributed by atoms with van der Waals surface area (Å²) in [5.74, 6) is -0.881. The molecule has 0 spiro atoms. The lowest BCUT2D eigenvalue weighted by Gasteiger charge is -2.44. The van der Waals surface area contributed by atoms with Gasteiger partial charge in [0.1, 0.15) is 23.4 Å². The molecule has 198 valence electrons. The zero-order valence-electron chi connectivity index (χ0n) is 23.3. The smallest absolute Gasteiger partial charge is 0.408 e. The summed E-state index contributed by atoms with van der Waals surface area (Å²) in [6.07, 6.45) is -0.359. The van der Waals surface area contributed by atoms with E-state index in [1.165, 1.54) is 11.0 Å². The van der Waals surface area contributed by atoms with Gasteiger partial charge in [-0.05, 0) is 80.7 Å². The predicted molar refractivity (Wildman–Crippen MR) is 138 cm³/mol. The van der Waals surface area contributed by atoms with Crippen molar-refractivity contribution in [2.45, 2.75) is 111 Å². The van der Waals surface area contributed by atoms with Crippen molar-refractivity contribution in [2.24, 2.45) is 5.92 Å². The maximum atomic E-state index is 14.1. The Labute approximate surface area is 210 Å². The Kier molecular flexibility index (Phi) is 9.78. The van der Waals surface area contributed by atoms with E-state index < -0.39 is 46.7 Å². The van der Waals surface area contributed by atoms with E-state index in [4.69, 9.17) is 4.74 Å². The number of aromatic hydroxyl groups is 1. The number of benzene rings is 1. The highest BCUT2D eigenvalue weighted by Crippen LogP contribution is 2.35. The van der Waals surface area contributed by atoms with Crippen LogP contribution in [0.1, 0.15) is 94.2 Å². The van der Waals surface area contributed by atoms with E-state index in [1.807, 2.05) is 55.4 Å². The minimum Gasteiger partial charge on any atom is -0.508 e. The maximum Gasteiger partial charge on any atom is 0.408 e. The second kappa shape index (κ2) is 11.3. The first-order valence-corrected chi connectivity index (χ1v) is 12.2. The van der Waals surface area contributed by atoms with Crippen LogP contribution in [0.15, 0.2) is 24.3 Å². The maximum absolute atomic E-state index is 14.1. The van der Waals surface area contributed by atoms with Crippen molar-refractivity contribution in [3.05, 3.63) is 29.8 Å². The molecule has 0 radical (unpaired) electrons. The summed E-state index contributed by atoms with van der Waals surface area (Å²) in [5, 5.41) is 16.3. The fourth-order valence-electron chi connectivity index (χ4n) is 3.71. The minimum atomic E-state index is -1.13. The SMILES string of the molecule is CC(C)CC(NC(=O)OC(C)(C)C)C(=O)N(C(C(=O)NC(C)(C)C)c1ccccc1O)C(C)(C)C. The molecule has 0 saturated carbocycles. The largest absolute Gasteiger partial charge is 0.508 e. The molecule has 2 unspecified atom stereocenters. The topological polar surface area (TPSA) is 108 Å². The number of carbonyl (C=O) groups excluding carboxylic acids is 3. The van der Waals surface area contributed by atoms with Gasteiger partial charge in [-0.15, -0.1) is 0 Å². The van der Waals surface area contributed by atoms with Crippen molar-refractivity contribution in [3.63, 3.8) is 0 Å². The first kappa shape index (κ1) is 30.3. The van der Waals surface area contributed by atoms with Crippen molar-refractivity contribution in [1.29, 1.82) is 0 Å². The first-order valence-electron chi connectivity index (χ1n) is 12.2. The van der Waals surface area contributed by atoms with Crippen molar-refractivity contribution in [1.82, 2.24) is 15.5 Å². The van der Waals surface area contributed by atoms with Crippen LogP contribution in [0.4, 0.5) is 4.79 Å². The number of rotatable bonds is 7. The number of nitrogens with one attached hydrogen (secondary N) is 2. The van der Waals surface area contributed by atoms with E-state index in [2.05, 4.69) is 10.6 Å². The fraction of sp³-hybridized carbons (Fsp3) is 0.667. The van der Waals surface area contributed by atoms with Gasteiger partial charge in [-0.2, -0.15) is 0 Å². The second-order valence-corrected chi connectivity index (χ2v) is 12.4. The molecule has 0 heterocycles. The molecule has 0 saturated heterocycles. The highest BCUT2D eigenvalue weighted by atomic mass is 16.6. The molecule has 0 aliphatic carbocycles. The third kappa shape index (κ3) is 9.78. The highest BCUT2D eigenvalue weighted by Gasteiger charge is 2.43. The summed E-state index contributed by atoms with van der Waals surface area (Å²) >= 11 is 0. The summed E-state index contributed by atoms with van der Waals surface area (Å²) in [5.41, 5.74) is -1.83. The third-order valence-electron chi connectivity index (χ3n) is 4.89. The van der Waals surface area contributed by atoms with Crippen molar-refractivity contribution in [2.75, 3.05) is 0 Å². The Morgan fingerprint density at radius 3 is 1.94 bits per heavy atom. The standard InChI is InChI=1S/C27H45N3O5/c1-17(2)16-19(28-24(34)35-27(9,10)11)23(33)30(26(6,7)8)21(22(32)29-25(3,4)5)18-14-12-13-15-20(18)31/h12-15,17,19,21,31H,16H2,1-11H3,(H,28,34)(H,29,32). The van der Waals surface area contributed by atoms with Crippen LogP contribution in [0.2, 0.25) is 0 Å². The van der Waals surface area contributed by atoms with Gasteiger partial charge in [0, 0.05) is 16.6 Å². The molecule has 3 N–H and O–H groups in total. The molecule has 0 aliphatic heterocycles. The molecule has 8 heteroatoms.